The number of H-pyrrole nitrogens is 1. The number of aromatic nitrogens is 2. The van der Waals surface area contributed by atoms with E-state index in [0.29, 0.717) is 6.04 Å². The quantitative estimate of drug-likeness (QED) is 0.818. The third kappa shape index (κ3) is 1.63. The highest BCUT2D eigenvalue weighted by atomic mass is 79.9. The molecule has 3 rings (SSSR count). The predicted octanol–water partition coefficient (Wildman–Crippen LogP) is 3.42. The van der Waals surface area contributed by atoms with E-state index in [1.165, 1.54) is 0 Å². The summed E-state index contributed by atoms with van der Waals surface area (Å²) >= 11 is 8.86. The van der Waals surface area contributed by atoms with Crippen LogP contribution in [0.2, 0.25) is 0 Å². The number of benzene rings is 1. The molecule has 0 aliphatic carbocycles. The van der Waals surface area contributed by atoms with Crippen LogP contribution in [0.5, 0.6) is 0 Å². The fourth-order valence-electron chi connectivity index (χ4n) is 2.18. The largest absolute Gasteiger partial charge is 0.379 e. The van der Waals surface area contributed by atoms with Gasteiger partial charge in [0.25, 0.3) is 0 Å². The van der Waals surface area contributed by atoms with Crippen LogP contribution in [0.4, 0.5) is 0 Å². The Morgan fingerprint density at radius 1 is 1.50 bits per heavy atom. The van der Waals surface area contributed by atoms with Gasteiger partial charge in [-0.2, -0.15) is 0 Å². The molecule has 1 atom stereocenters. The summed E-state index contributed by atoms with van der Waals surface area (Å²) in [7, 11) is 0. The molecule has 1 saturated heterocycles. The second-order valence-electron chi connectivity index (χ2n) is 3.98. The number of nitrogens with zero attached hydrogens (tertiary/aromatic N) is 1. The third-order valence-electron chi connectivity index (χ3n) is 2.95. The third-order valence-corrected chi connectivity index (χ3v) is 3.74. The van der Waals surface area contributed by atoms with E-state index in [1.807, 2.05) is 12.1 Å². The summed E-state index contributed by atoms with van der Waals surface area (Å²) in [4.78, 5) is 3.23. The summed E-state index contributed by atoms with van der Waals surface area (Å²) < 4.78 is 9.44. The zero-order valence-corrected chi connectivity index (χ0v) is 11.0. The molecule has 2 heterocycles. The second kappa shape index (κ2) is 3.98. The highest BCUT2D eigenvalue weighted by molar-refractivity contribution is 9.10. The second-order valence-corrected chi connectivity index (χ2v) is 5.28. The summed E-state index contributed by atoms with van der Waals surface area (Å²) in [5.41, 5.74) is 2.23. The van der Waals surface area contributed by atoms with Gasteiger partial charge in [-0.15, -0.1) is 0 Å². The molecule has 0 radical (unpaired) electrons. The molecular weight excluding hydrogens is 288 g/mol. The van der Waals surface area contributed by atoms with Crippen molar-refractivity contribution in [3.05, 3.63) is 27.4 Å². The Bertz CT molecular complexity index is 583. The van der Waals surface area contributed by atoms with Gasteiger partial charge in [0, 0.05) is 11.1 Å². The summed E-state index contributed by atoms with van der Waals surface area (Å²) in [5.74, 6) is 0. The van der Waals surface area contributed by atoms with Crippen molar-refractivity contribution >= 4 is 39.2 Å². The van der Waals surface area contributed by atoms with Crippen LogP contribution >= 0.6 is 28.1 Å². The molecule has 1 unspecified atom stereocenters. The van der Waals surface area contributed by atoms with Crippen molar-refractivity contribution in [2.75, 3.05) is 13.2 Å². The van der Waals surface area contributed by atoms with Crippen LogP contribution in [0.1, 0.15) is 12.5 Å². The number of imidazole rings is 1. The maximum Gasteiger partial charge on any atom is 0.178 e. The minimum absolute atomic E-state index is 0.371. The number of fused-ring (bicyclic) bond motifs is 1. The van der Waals surface area contributed by atoms with E-state index in [2.05, 4.69) is 31.5 Å². The first kappa shape index (κ1) is 10.5. The molecule has 0 bridgehead atoms. The van der Waals surface area contributed by atoms with Crippen molar-refractivity contribution in [2.45, 2.75) is 12.5 Å². The molecule has 1 aromatic carbocycles. The molecule has 0 spiro atoms. The first-order chi connectivity index (χ1) is 7.75. The van der Waals surface area contributed by atoms with Crippen LogP contribution in [-0.4, -0.2) is 22.8 Å². The highest BCUT2D eigenvalue weighted by Gasteiger charge is 2.20. The number of hydrogen-bond acceptors (Lipinski definition) is 2. The highest BCUT2D eigenvalue weighted by Crippen LogP contribution is 2.27. The molecule has 0 amide bonds. The minimum Gasteiger partial charge on any atom is -0.379 e. The number of hydrogen-bond donors (Lipinski definition) is 1. The van der Waals surface area contributed by atoms with Gasteiger partial charge in [0.05, 0.1) is 23.7 Å². The standard InChI is InChI=1S/C11H11BrN2OS/c12-7-1-2-9-10(5-7)14(11(16)13-9)8-3-4-15-6-8/h1-2,5,8H,3-4,6H2,(H,13,16). The first-order valence-electron chi connectivity index (χ1n) is 5.23. The summed E-state index contributed by atoms with van der Waals surface area (Å²) in [5, 5.41) is 0. The van der Waals surface area contributed by atoms with Crippen LogP contribution in [0.3, 0.4) is 0 Å². The smallest absolute Gasteiger partial charge is 0.178 e. The Labute approximate surface area is 107 Å². The molecule has 16 heavy (non-hydrogen) atoms. The van der Waals surface area contributed by atoms with Crippen LogP contribution in [-0.2, 0) is 4.74 Å². The number of aromatic amines is 1. The average Bonchev–Trinajstić information content (AvgIpc) is 2.83. The van der Waals surface area contributed by atoms with E-state index in [0.717, 1.165) is 39.9 Å². The molecular formula is C11H11BrN2OS. The number of ether oxygens (including phenoxy) is 1. The van der Waals surface area contributed by atoms with Gasteiger partial charge in [0.2, 0.25) is 0 Å². The van der Waals surface area contributed by atoms with Gasteiger partial charge >= 0.3 is 0 Å². The van der Waals surface area contributed by atoms with Gasteiger partial charge < -0.3 is 14.3 Å². The van der Waals surface area contributed by atoms with Crippen LogP contribution in [0, 0.1) is 4.77 Å². The van der Waals surface area contributed by atoms with E-state index in [-0.39, 0.29) is 0 Å². The van der Waals surface area contributed by atoms with Crippen molar-refractivity contribution in [2.24, 2.45) is 0 Å². The van der Waals surface area contributed by atoms with Crippen LogP contribution < -0.4 is 0 Å². The van der Waals surface area contributed by atoms with Crippen molar-refractivity contribution in [3.63, 3.8) is 0 Å². The topological polar surface area (TPSA) is 29.9 Å². The van der Waals surface area contributed by atoms with Crippen molar-refractivity contribution in [3.8, 4) is 0 Å². The van der Waals surface area contributed by atoms with E-state index in [1.54, 1.807) is 0 Å². The van der Waals surface area contributed by atoms with E-state index in [4.69, 9.17) is 17.0 Å². The monoisotopic (exact) mass is 298 g/mol. The lowest BCUT2D eigenvalue weighted by Gasteiger charge is -2.10. The molecule has 1 fully saturated rings. The number of halogens is 1. The van der Waals surface area contributed by atoms with Gasteiger partial charge in [-0.1, -0.05) is 15.9 Å². The van der Waals surface area contributed by atoms with Crippen LogP contribution in [0.15, 0.2) is 22.7 Å². The maximum atomic E-state index is 5.42. The molecule has 0 saturated carbocycles. The number of rotatable bonds is 1. The zero-order valence-electron chi connectivity index (χ0n) is 8.57. The maximum absolute atomic E-state index is 5.42. The fraction of sp³-hybridized carbons (Fsp3) is 0.364. The van der Waals surface area contributed by atoms with Crippen molar-refractivity contribution in [1.82, 2.24) is 9.55 Å². The average molecular weight is 299 g/mol. The Hall–Kier alpha value is -0.650. The molecule has 1 aliphatic heterocycles. The molecule has 5 heteroatoms. The molecule has 1 aliphatic rings. The SMILES string of the molecule is S=c1[nH]c2ccc(Br)cc2n1C1CCOC1. The van der Waals surface area contributed by atoms with E-state index < -0.39 is 0 Å². The zero-order chi connectivity index (χ0) is 11.1. The summed E-state index contributed by atoms with van der Waals surface area (Å²) in [6.07, 6.45) is 1.04. The Morgan fingerprint density at radius 3 is 3.12 bits per heavy atom. The molecule has 1 N–H and O–H groups in total. The van der Waals surface area contributed by atoms with Gasteiger partial charge in [-0.25, -0.2) is 0 Å². The van der Waals surface area contributed by atoms with Crippen molar-refractivity contribution in [1.29, 1.82) is 0 Å². The predicted molar refractivity (Wildman–Crippen MR) is 69.3 cm³/mol. The molecule has 3 nitrogen and oxygen atoms in total. The Morgan fingerprint density at radius 2 is 2.38 bits per heavy atom. The van der Waals surface area contributed by atoms with Gasteiger partial charge in [-0.3, -0.25) is 0 Å². The summed E-state index contributed by atoms with van der Waals surface area (Å²) in [6, 6.07) is 6.53. The Kier molecular flexibility index (Phi) is 2.61. The molecule has 2 aromatic rings. The lowest BCUT2D eigenvalue weighted by atomic mass is 10.2. The lowest BCUT2D eigenvalue weighted by molar-refractivity contribution is 0.187. The minimum atomic E-state index is 0.371. The normalized spacial score (nSPS) is 20.7. The van der Waals surface area contributed by atoms with Gasteiger partial charge in [-0.05, 0) is 36.8 Å². The number of nitrogens with one attached hydrogen (secondary N) is 1. The van der Waals surface area contributed by atoms with Gasteiger partial charge in [0.1, 0.15) is 0 Å². The van der Waals surface area contributed by atoms with Gasteiger partial charge in [0.15, 0.2) is 4.77 Å². The van der Waals surface area contributed by atoms with E-state index >= 15 is 0 Å². The fourth-order valence-corrected chi connectivity index (χ4v) is 2.89. The summed E-state index contributed by atoms with van der Waals surface area (Å²) in [6.45, 7) is 1.58. The first-order valence-corrected chi connectivity index (χ1v) is 6.43. The van der Waals surface area contributed by atoms with Crippen molar-refractivity contribution < 1.29 is 4.74 Å². The Balaban J connectivity index is 2.25. The van der Waals surface area contributed by atoms with E-state index in [9.17, 15) is 0 Å². The lowest BCUT2D eigenvalue weighted by Crippen LogP contribution is -2.08. The van der Waals surface area contributed by atoms with Crippen LogP contribution in [0.25, 0.3) is 11.0 Å². The molecule has 84 valence electrons. The molecule has 1 aromatic heterocycles.